The largest absolute Gasteiger partial charge is 0.327 e. The van der Waals surface area contributed by atoms with Crippen LogP contribution in [0.3, 0.4) is 0 Å². The zero-order valence-corrected chi connectivity index (χ0v) is 17.9. The molecule has 0 aliphatic rings. The zero-order chi connectivity index (χ0) is 20.1. The van der Waals surface area contributed by atoms with Crippen molar-refractivity contribution >= 4 is 10.1 Å². The summed E-state index contributed by atoms with van der Waals surface area (Å²) in [5, 5.41) is 0. The third-order valence-electron chi connectivity index (χ3n) is 4.01. The number of hydrogen-bond acceptors (Lipinski definition) is 4. The number of unbranched alkanes of at least 4 members (excludes halogenated alkanes) is 10. The normalized spacial score (nSPS) is 12.3. The van der Waals surface area contributed by atoms with E-state index >= 15 is 0 Å². The molecule has 0 bridgehead atoms. The van der Waals surface area contributed by atoms with E-state index in [9.17, 15) is 12.8 Å². The average molecular weight is 396 g/mol. The molecule has 0 radical (unpaired) electrons. The Morgan fingerprint density at radius 3 is 1.81 bits per heavy atom. The van der Waals surface area contributed by atoms with Gasteiger partial charge in [0.25, 0.3) is 10.1 Å². The number of nitrogens with two attached hydrogens (primary N) is 1. The first-order valence-corrected chi connectivity index (χ1v) is 11.8. The van der Waals surface area contributed by atoms with E-state index in [1.807, 2.05) is 6.92 Å². The molecule has 0 saturated heterocycles. The van der Waals surface area contributed by atoms with Crippen LogP contribution in [0.15, 0.2) is 12.7 Å². The highest BCUT2D eigenvalue weighted by atomic mass is 32.2. The molecule has 4 nitrogen and oxygen atoms in total. The zero-order valence-electron chi connectivity index (χ0n) is 17.1. The maximum absolute atomic E-state index is 13.6. The third kappa shape index (κ3) is 19.9. The molecule has 1 unspecified atom stereocenters. The minimum atomic E-state index is -4.02. The van der Waals surface area contributed by atoms with E-state index in [4.69, 9.17) is 9.92 Å². The lowest BCUT2D eigenvalue weighted by Crippen LogP contribution is -2.19. The van der Waals surface area contributed by atoms with Gasteiger partial charge in [0.05, 0.1) is 6.61 Å². The lowest BCUT2D eigenvalue weighted by atomic mass is 10.1. The molecule has 0 heterocycles. The molecular formula is C20H42FNO3S. The molecule has 0 aliphatic heterocycles. The summed E-state index contributed by atoms with van der Waals surface area (Å²) in [7, 11) is -4.02. The molecule has 0 aromatic heterocycles. The molecule has 0 rings (SSSR count). The van der Waals surface area contributed by atoms with Gasteiger partial charge < -0.3 is 5.73 Å². The predicted octanol–water partition coefficient (Wildman–Crippen LogP) is 5.87. The molecule has 1 atom stereocenters. The Bertz CT molecular complexity index is 389. The Morgan fingerprint density at radius 1 is 0.923 bits per heavy atom. The Morgan fingerprint density at radius 2 is 1.35 bits per heavy atom. The van der Waals surface area contributed by atoms with Crippen LogP contribution in [0.4, 0.5) is 4.39 Å². The Balaban J connectivity index is 0. The first kappa shape index (κ1) is 27.8. The first-order chi connectivity index (χ1) is 12.5. The van der Waals surface area contributed by atoms with Crippen molar-refractivity contribution in [3.8, 4) is 0 Å². The summed E-state index contributed by atoms with van der Waals surface area (Å²) in [6, 6.07) is 0. The predicted molar refractivity (Wildman–Crippen MR) is 110 cm³/mol. The van der Waals surface area contributed by atoms with Crippen LogP contribution < -0.4 is 5.73 Å². The van der Waals surface area contributed by atoms with Crippen molar-refractivity contribution in [2.24, 2.45) is 5.73 Å². The lowest BCUT2D eigenvalue weighted by Gasteiger charge is -2.10. The Labute approximate surface area is 161 Å². The molecule has 26 heavy (non-hydrogen) atoms. The van der Waals surface area contributed by atoms with Crippen LogP contribution >= 0.6 is 0 Å². The molecule has 0 aromatic rings. The fraction of sp³-hybridized carbons (Fsp3) is 0.900. The fourth-order valence-corrected chi connectivity index (χ4v) is 3.31. The van der Waals surface area contributed by atoms with Crippen molar-refractivity contribution in [1.82, 2.24) is 0 Å². The van der Waals surface area contributed by atoms with Crippen molar-refractivity contribution < 1.29 is 17.0 Å². The summed E-state index contributed by atoms with van der Waals surface area (Å²) in [4.78, 5) is 0. The van der Waals surface area contributed by atoms with Crippen molar-refractivity contribution in [1.29, 1.82) is 0 Å². The summed E-state index contributed by atoms with van der Waals surface area (Å²) in [6.07, 6.45) is 14.5. The standard InChI is InChI=1S/C17H35FO3S.C3H7N/c1-3-5-7-8-9-10-11-12-14-16-21-22(19,20)17(18)15-13-6-4-2;1-2-3-4/h17H,3-16H2,1-2H3;2H,1,3-4H2. The van der Waals surface area contributed by atoms with Gasteiger partial charge in [0.1, 0.15) is 0 Å². The summed E-state index contributed by atoms with van der Waals surface area (Å²) >= 11 is 0. The lowest BCUT2D eigenvalue weighted by molar-refractivity contribution is 0.271. The molecule has 0 fully saturated rings. The van der Waals surface area contributed by atoms with Crippen LogP contribution in [0.25, 0.3) is 0 Å². The maximum Gasteiger partial charge on any atom is 0.299 e. The average Bonchev–Trinajstić information content (AvgIpc) is 2.63. The van der Waals surface area contributed by atoms with Gasteiger partial charge in [0, 0.05) is 6.54 Å². The molecule has 0 amide bonds. The minimum Gasteiger partial charge on any atom is -0.327 e. The first-order valence-electron chi connectivity index (χ1n) is 10.3. The van der Waals surface area contributed by atoms with Gasteiger partial charge >= 0.3 is 0 Å². The van der Waals surface area contributed by atoms with Crippen LogP contribution in [0, 0.1) is 0 Å². The van der Waals surface area contributed by atoms with Crippen LogP contribution in [0.1, 0.15) is 97.3 Å². The van der Waals surface area contributed by atoms with Crippen LogP contribution in [-0.4, -0.2) is 27.1 Å². The highest BCUT2D eigenvalue weighted by Crippen LogP contribution is 2.15. The van der Waals surface area contributed by atoms with E-state index in [2.05, 4.69) is 13.5 Å². The van der Waals surface area contributed by atoms with E-state index in [0.29, 0.717) is 19.4 Å². The monoisotopic (exact) mass is 395 g/mol. The minimum absolute atomic E-state index is 0.0495. The molecule has 0 aromatic carbocycles. The molecule has 6 heteroatoms. The summed E-state index contributed by atoms with van der Waals surface area (Å²) in [6.45, 7) is 8.27. The molecule has 0 saturated carbocycles. The maximum atomic E-state index is 13.6. The molecule has 0 spiro atoms. The molecular weight excluding hydrogens is 353 g/mol. The van der Waals surface area contributed by atoms with Gasteiger partial charge in [-0.15, -0.1) is 6.58 Å². The summed E-state index contributed by atoms with van der Waals surface area (Å²) in [5.41, 5.74) is 3.05. The number of halogens is 1. The van der Waals surface area contributed by atoms with Gasteiger partial charge in [-0.2, -0.15) is 8.42 Å². The summed E-state index contributed by atoms with van der Waals surface area (Å²) in [5.74, 6) is 0. The van der Waals surface area contributed by atoms with Crippen molar-refractivity contribution in [3.05, 3.63) is 12.7 Å². The topological polar surface area (TPSA) is 69.4 Å². The van der Waals surface area contributed by atoms with Gasteiger partial charge in [0.2, 0.25) is 5.50 Å². The van der Waals surface area contributed by atoms with Crippen molar-refractivity contribution in [2.45, 2.75) is 103 Å². The van der Waals surface area contributed by atoms with E-state index < -0.39 is 15.6 Å². The van der Waals surface area contributed by atoms with E-state index in [-0.39, 0.29) is 13.0 Å². The highest BCUT2D eigenvalue weighted by Gasteiger charge is 2.25. The highest BCUT2D eigenvalue weighted by molar-refractivity contribution is 7.87. The van der Waals surface area contributed by atoms with Gasteiger partial charge in [-0.1, -0.05) is 84.1 Å². The molecule has 158 valence electrons. The second kappa shape index (κ2) is 20.8. The second-order valence-electron chi connectivity index (χ2n) is 6.57. The number of hydrogen-bond donors (Lipinski definition) is 1. The van der Waals surface area contributed by atoms with Gasteiger partial charge in [-0.05, 0) is 19.3 Å². The van der Waals surface area contributed by atoms with E-state index in [1.165, 1.54) is 38.5 Å². The number of rotatable bonds is 17. The van der Waals surface area contributed by atoms with Gasteiger partial charge in [-0.3, -0.25) is 4.18 Å². The second-order valence-corrected chi connectivity index (χ2v) is 8.31. The van der Waals surface area contributed by atoms with Crippen LogP contribution in [-0.2, 0) is 14.3 Å². The van der Waals surface area contributed by atoms with E-state index in [0.717, 1.165) is 25.7 Å². The number of alkyl halides is 1. The Kier molecular flexibility index (Phi) is 22.3. The third-order valence-corrected chi connectivity index (χ3v) is 5.37. The molecule has 0 aliphatic carbocycles. The Hall–Kier alpha value is -0.460. The van der Waals surface area contributed by atoms with Gasteiger partial charge in [-0.25, -0.2) is 4.39 Å². The fourth-order valence-electron chi connectivity index (χ4n) is 2.36. The smallest absolute Gasteiger partial charge is 0.299 e. The van der Waals surface area contributed by atoms with E-state index in [1.54, 1.807) is 6.08 Å². The SMILES string of the molecule is C=CCN.CCCCCCCCCCCOS(=O)(=O)C(F)CCCCC. The van der Waals surface area contributed by atoms with Crippen LogP contribution in [0.5, 0.6) is 0 Å². The van der Waals surface area contributed by atoms with Crippen LogP contribution in [0.2, 0.25) is 0 Å². The van der Waals surface area contributed by atoms with Crippen molar-refractivity contribution in [2.75, 3.05) is 13.2 Å². The van der Waals surface area contributed by atoms with Crippen molar-refractivity contribution in [3.63, 3.8) is 0 Å². The summed E-state index contributed by atoms with van der Waals surface area (Å²) < 4.78 is 41.5. The quantitative estimate of drug-likeness (QED) is 0.190. The molecule has 2 N–H and O–H groups in total. The van der Waals surface area contributed by atoms with Gasteiger partial charge in [0.15, 0.2) is 0 Å².